The number of hydrogen-bond donors (Lipinski definition) is 1. The molecule has 2 aromatic carbocycles. The van der Waals surface area contributed by atoms with Crippen LogP contribution in [0.4, 0.5) is 5.69 Å². The van der Waals surface area contributed by atoms with E-state index in [-0.39, 0.29) is 24.2 Å². The number of carbonyl (C=O) groups excluding carboxylic acids is 2. The number of amides is 2. The van der Waals surface area contributed by atoms with Gasteiger partial charge in [-0.2, -0.15) is 0 Å². The molecule has 8 nitrogen and oxygen atoms in total. The lowest BCUT2D eigenvalue weighted by Gasteiger charge is -2.33. The lowest BCUT2D eigenvalue weighted by molar-refractivity contribution is -0.139. The zero-order chi connectivity index (χ0) is 26.3. The van der Waals surface area contributed by atoms with Crippen LogP contribution in [0.15, 0.2) is 48.5 Å². The van der Waals surface area contributed by atoms with Gasteiger partial charge in [-0.1, -0.05) is 55.7 Å². The fourth-order valence-electron chi connectivity index (χ4n) is 4.52. The van der Waals surface area contributed by atoms with Crippen molar-refractivity contribution in [1.29, 1.82) is 0 Å². The number of ether oxygens (including phenoxy) is 1. The predicted octanol–water partition coefficient (Wildman–Crippen LogP) is 3.64. The Morgan fingerprint density at radius 2 is 1.75 bits per heavy atom. The molecule has 0 unspecified atom stereocenters. The first-order valence-corrected chi connectivity index (χ1v) is 14.2. The molecule has 36 heavy (non-hydrogen) atoms. The van der Waals surface area contributed by atoms with Crippen molar-refractivity contribution in [2.45, 2.75) is 64.6 Å². The van der Waals surface area contributed by atoms with Crippen molar-refractivity contribution >= 4 is 27.5 Å². The summed E-state index contributed by atoms with van der Waals surface area (Å²) in [5, 5.41) is 3.10. The third-order valence-corrected chi connectivity index (χ3v) is 7.72. The van der Waals surface area contributed by atoms with Gasteiger partial charge in [-0.25, -0.2) is 8.42 Å². The highest BCUT2D eigenvalue weighted by atomic mass is 32.2. The number of carbonyl (C=O) groups is 2. The van der Waals surface area contributed by atoms with Crippen molar-refractivity contribution < 1.29 is 22.7 Å². The number of rotatable bonds is 10. The standard InChI is InChI=1S/C27H37N3O5S/c1-20-15-16-25(35-3)24(17-20)30(36(4,33)34)19-26(31)29(18-22-11-7-5-8-12-22)21(2)27(32)28-23-13-9-6-10-14-23/h5,7-8,11-12,15-17,21,23H,6,9-10,13-14,18-19H2,1-4H3,(H,28,32)/t21-/m1/s1. The lowest BCUT2D eigenvalue weighted by Crippen LogP contribution is -2.53. The summed E-state index contributed by atoms with van der Waals surface area (Å²) < 4.78 is 32.1. The Hall–Kier alpha value is -3.07. The quantitative estimate of drug-likeness (QED) is 0.521. The molecule has 0 aromatic heterocycles. The molecule has 1 fully saturated rings. The maximum absolute atomic E-state index is 13.7. The van der Waals surface area contributed by atoms with Crippen LogP contribution in [0.2, 0.25) is 0 Å². The number of hydrogen-bond acceptors (Lipinski definition) is 5. The van der Waals surface area contributed by atoms with E-state index in [1.165, 1.54) is 18.4 Å². The van der Waals surface area contributed by atoms with Gasteiger partial charge in [0.1, 0.15) is 18.3 Å². The van der Waals surface area contributed by atoms with Crippen molar-refractivity contribution in [2.75, 3.05) is 24.2 Å². The summed E-state index contributed by atoms with van der Waals surface area (Å²) in [5.74, 6) is -0.360. The number of benzene rings is 2. The fraction of sp³-hybridized carbons (Fsp3) is 0.481. The first kappa shape index (κ1) is 27.5. The summed E-state index contributed by atoms with van der Waals surface area (Å²) in [6, 6.07) is 13.9. The molecule has 1 saturated carbocycles. The minimum Gasteiger partial charge on any atom is -0.495 e. The Morgan fingerprint density at radius 3 is 2.36 bits per heavy atom. The van der Waals surface area contributed by atoms with Gasteiger partial charge in [0.2, 0.25) is 21.8 Å². The van der Waals surface area contributed by atoms with E-state index >= 15 is 0 Å². The average Bonchev–Trinajstić information content (AvgIpc) is 2.85. The zero-order valence-electron chi connectivity index (χ0n) is 21.6. The molecule has 0 heterocycles. The minimum absolute atomic E-state index is 0.103. The van der Waals surface area contributed by atoms with E-state index in [1.807, 2.05) is 43.3 Å². The maximum atomic E-state index is 13.7. The molecule has 2 aromatic rings. The van der Waals surface area contributed by atoms with Gasteiger partial charge in [-0.15, -0.1) is 0 Å². The number of methoxy groups -OCH3 is 1. The van der Waals surface area contributed by atoms with E-state index in [1.54, 1.807) is 19.1 Å². The molecule has 1 aliphatic carbocycles. The minimum atomic E-state index is -3.83. The van der Waals surface area contributed by atoms with Crippen LogP contribution < -0.4 is 14.4 Å². The Kier molecular flexibility index (Phi) is 9.37. The highest BCUT2D eigenvalue weighted by Gasteiger charge is 2.32. The van der Waals surface area contributed by atoms with Gasteiger partial charge in [0, 0.05) is 12.6 Å². The molecular weight excluding hydrogens is 478 g/mol. The van der Waals surface area contributed by atoms with E-state index < -0.39 is 28.5 Å². The number of nitrogens with zero attached hydrogens (tertiary/aromatic N) is 2. The van der Waals surface area contributed by atoms with Gasteiger partial charge in [0.15, 0.2) is 0 Å². The molecule has 0 aliphatic heterocycles. The molecule has 0 bridgehead atoms. The van der Waals surface area contributed by atoms with Crippen molar-refractivity contribution in [1.82, 2.24) is 10.2 Å². The molecule has 1 aliphatic rings. The monoisotopic (exact) mass is 515 g/mol. The van der Waals surface area contributed by atoms with Crippen molar-refractivity contribution in [3.05, 3.63) is 59.7 Å². The molecule has 196 valence electrons. The van der Waals surface area contributed by atoms with Gasteiger partial charge in [-0.05, 0) is 49.9 Å². The van der Waals surface area contributed by atoms with E-state index in [0.717, 1.165) is 47.4 Å². The van der Waals surface area contributed by atoms with E-state index in [4.69, 9.17) is 4.74 Å². The second kappa shape index (κ2) is 12.3. The topological polar surface area (TPSA) is 96.0 Å². The molecule has 1 N–H and O–H groups in total. The second-order valence-electron chi connectivity index (χ2n) is 9.47. The molecule has 3 rings (SSSR count). The zero-order valence-corrected chi connectivity index (χ0v) is 22.4. The van der Waals surface area contributed by atoms with Gasteiger partial charge in [0.05, 0.1) is 19.1 Å². The molecule has 9 heteroatoms. The second-order valence-corrected chi connectivity index (χ2v) is 11.4. The lowest BCUT2D eigenvalue weighted by atomic mass is 9.95. The van der Waals surface area contributed by atoms with Crippen molar-refractivity contribution in [2.24, 2.45) is 0 Å². The Bertz CT molecular complexity index is 1150. The number of anilines is 1. The number of aryl methyl sites for hydroxylation is 1. The number of sulfonamides is 1. The third kappa shape index (κ3) is 7.22. The molecule has 0 radical (unpaired) electrons. The summed E-state index contributed by atoms with van der Waals surface area (Å²) in [6.45, 7) is 3.26. The third-order valence-electron chi connectivity index (χ3n) is 6.60. The first-order valence-electron chi connectivity index (χ1n) is 12.4. The maximum Gasteiger partial charge on any atom is 0.244 e. The van der Waals surface area contributed by atoms with Crippen LogP contribution in [0, 0.1) is 6.92 Å². The van der Waals surface area contributed by atoms with Gasteiger partial charge in [-0.3, -0.25) is 13.9 Å². The van der Waals surface area contributed by atoms with Gasteiger partial charge < -0.3 is 15.0 Å². The molecule has 1 atom stereocenters. The predicted molar refractivity (Wildman–Crippen MR) is 141 cm³/mol. The van der Waals surface area contributed by atoms with E-state index in [9.17, 15) is 18.0 Å². The molecule has 0 spiro atoms. The highest BCUT2D eigenvalue weighted by Crippen LogP contribution is 2.31. The number of nitrogens with one attached hydrogen (secondary N) is 1. The smallest absolute Gasteiger partial charge is 0.244 e. The molecule has 0 saturated heterocycles. The SMILES string of the molecule is COc1ccc(C)cc1N(CC(=O)N(Cc1ccccc1)[C@H](C)C(=O)NC1CCCCC1)S(C)(=O)=O. The van der Waals surface area contributed by atoms with Crippen LogP contribution in [-0.2, 0) is 26.2 Å². The van der Waals surface area contributed by atoms with Crippen LogP contribution in [0.5, 0.6) is 5.75 Å². The van der Waals surface area contributed by atoms with E-state index in [0.29, 0.717) is 5.75 Å². The van der Waals surface area contributed by atoms with Crippen LogP contribution in [0.1, 0.15) is 50.2 Å². The summed E-state index contributed by atoms with van der Waals surface area (Å²) in [6.07, 6.45) is 6.24. The summed E-state index contributed by atoms with van der Waals surface area (Å²) in [4.78, 5) is 28.3. The Morgan fingerprint density at radius 1 is 1.08 bits per heavy atom. The normalized spacial score (nSPS) is 15.1. The van der Waals surface area contributed by atoms with Gasteiger partial charge in [0.25, 0.3) is 0 Å². The van der Waals surface area contributed by atoms with Crippen LogP contribution in [0.3, 0.4) is 0 Å². The Labute approximate surface area is 214 Å². The molecule has 2 amide bonds. The van der Waals surface area contributed by atoms with Crippen LogP contribution >= 0.6 is 0 Å². The summed E-state index contributed by atoms with van der Waals surface area (Å²) in [5.41, 5.74) is 1.96. The van der Waals surface area contributed by atoms with E-state index in [2.05, 4.69) is 5.32 Å². The molecular formula is C27H37N3O5S. The van der Waals surface area contributed by atoms with Crippen LogP contribution in [0.25, 0.3) is 0 Å². The largest absolute Gasteiger partial charge is 0.495 e. The highest BCUT2D eigenvalue weighted by molar-refractivity contribution is 7.92. The summed E-state index contributed by atoms with van der Waals surface area (Å²) in [7, 11) is -2.38. The summed E-state index contributed by atoms with van der Waals surface area (Å²) >= 11 is 0. The van der Waals surface area contributed by atoms with Gasteiger partial charge >= 0.3 is 0 Å². The first-order chi connectivity index (χ1) is 17.1. The fourth-order valence-corrected chi connectivity index (χ4v) is 5.37. The van der Waals surface area contributed by atoms with Crippen LogP contribution in [-0.4, -0.2) is 57.1 Å². The van der Waals surface area contributed by atoms with Crippen molar-refractivity contribution in [3.63, 3.8) is 0 Å². The van der Waals surface area contributed by atoms with Crippen molar-refractivity contribution in [3.8, 4) is 5.75 Å². The average molecular weight is 516 g/mol. The Balaban J connectivity index is 1.90.